The molecule has 1 heterocycles. The third kappa shape index (κ3) is 4.72. The van der Waals surface area contributed by atoms with Crippen molar-refractivity contribution in [1.29, 1.82) is 0 Å². The van der Waals surface area contributed by atoms with Crippen LogP contribution in [-0.2, 0) is 11.3 Å². The van der Waals surface area contributed by atoms with Crippen LogP contribution in [0.2, 0.25) is 0 Å². The molecule has 0 saturated carbocycles. The van der Waals surface area contributed by atoms with E-state index in [0.717, 1.165) is 16.8 Å². The van der Waals surface area contributed by atoms with Crippen LogP contribution in [0.4, 0.5) is 4.39 Å². The third-order valence-electron chi connectivity index (χ3n) is 4.54. The molecular weight excluding hydrogens is 341 g/mol. The average molecular weight is 365 g/mol. The fourth-order valence-electron chi connectivity index (χ4n) is 2.91. The van der Waals surface area contributed by atoms with E-state index >= 15 is 0 Å². The van der Waals surface area contributed by atoms with Crippen LogP contribution in [0.5, 0.6) is 11.5 Å². The van der Waals surface area contributed by atoms with Crippen LogP contribution in [0, 0.1) is 26.6 Å². The monoisotopic (exact) mass is 365 g/mol. The molecule has 0 bridgehead atoms. The van der Waals surface area contributed by atoms with Crippen molar-refractivity contribution in [2.24, 2.45) is 0 Å². The highest BCUT2D eigenvalue weighted by atomic mass is 19.1. The number of aryl methyl sites for hydroxylation is 3. The lowest BCUT2D eigenvalue weighted by molar-refractivity contribution is 0.0488. The van der Waals surface area contributed by atoms with Gasteiger partial charge in [-0.1, -0.05) is 35.9 Å². The quantitative estimate of drug-likeness (QED) is 0.520. The number of hydrogen-bond acceptors (Lipinski definition) is 3. The van der Waals surface area contributed by atoms with E-state index < -0.39 is 6.10 Å². The zero-order valence-electron chi connectivity index (χ0n) is 16.1. The molecule has 2 aromatic carbocycles. The molecule has 0 spiro atoms. The molecule has 3 aromatic rings. The Hall–Kier alpha value is -2.72. The number of nitrogens with zero attached hydrogens (tertiary/aromatic N) is 1. The minimum absolute atomic E-state index is 0.346. The highest BCUT2D eigenvalue weighted by Crippen LogP contribution is 2.34. The molecule has 0 aliphatic rings. The first-order valence-corrected chi connectivity index (χ1v) is 9.00. The topological polar surface area (TPSA) is 31.4 Å². The Kier molecular flexibility index (Phi) is 5.87. The zero-order chi connectivity index (χ0) is 19.4. The number of rotatable bonds is 6. The summed E-state index contributed by atoms with van der Waals surface area (Å²) in [6, 6.07) is 14.8. The van der Waals surface area contributed by atoms with Gasteiger partial charge in [-0.3, -0.25) is 4.98 Å². The maximum Gasteiger partial charge on any atom is 0.146 e. The van der Waals surface area contributed by atoms with Gasteiger partial charge in [0.15, 0.2) is 0 Å². The number of halogens is 1. The van der Waals surface area contributed by atoms with E-state index in [1.807, 2.05) is 52.0 Å². The van der Waals surface area contributed by atoms with E-state index in [-0.39, 0.29) is 5.82 Å². The van der Waals surface area contributed by atoms with Crippen molar-refractivity contribution < 1.29 is 13.9 Å². The summed E-state index contributed by atoms with van der Waals surface area (Å²) in [5.74, 6) is 0.675. The Morgan fingerprint density at radius 2 is 1.81 bits per heavy atom. The summed E-state index contributed by atoms with van der Waals surface area (Å²) >= 11 is 0. The summed E-state index contributed by atoms with van der Waals surface area (Å²) < 4.78 is 26.4. The Labute approximate surface area is 159 Å². The Balaban J connectivity index is 1.80. The summed E-state index contributed by atoms with van der Waals surface area (Å²) in [6.07, 6.45) is 1.19. The van der Waals surface area contributed by atoms with Crippen molar-refractivity contribution in [3.63, 3.8) is 0 Å². The van der Waals surface area contributed by atoms with Gasteiger partial charge in [0.05, 0.1) is 24.5 Å². The molecule has 1 unspecified atom stereocenters. The van der Waals surface area contributed by atoms with E-state index in [1.165, 1.54) is 11.6 Å². The van der Waals surface area contributed by atoms with E-state index in [9.17, 15) is 4.39 Å². The van der Waals surface area contributed by atoms with Crippen LogP contribution in [0.15, 0.2) is 54.7 Å². The van der Waals surface area contributed by atoms with Crippen LogP contribution in [0.25, 0.3) is 0 Å². The molecule has 0 saturated heterocycles. The van der Waals surface area contributed by atoms with Gasteiger partial charge in [-0.15, -0.1) is 0 Å². The summed E-state index contributed by atoms with van der Waals surface area (Å²) in [5, 5.41) is 0. The molecule has 1 aromatic heterocycles. The minimum Gasteiger partial charge on any atom is -0.455 e. The summed E-state index contributed by atoms with van der Waals surface area (Å²) in [6.45, 7) is 8.18. The highest BCUT2D eigenvalue weighted by Gasteiger charge is 2.18. The van der Waals surface area contributed by atoms with Gasteiger partial charge >= 0.3 is 0 Å². The Bertz CT molecular complexity index is 939. The largest absolute Gasteiger partial charge is 0.455 e. The lowest BCUT2D eigenvalue weighted by Gasteiger charge is -2.19. The van der Waals surface area contributed by atoms with Gasteiger partial charge in [-0.05, 0) is 57.0 Å². The first kappa shape index (κ1) is 19.1. The van der Waals surface area contributed by atoms with E-state index in [1.54, 1.807) is 18.3 Å². The molecule has 0 radical (unpaired) electrons. The SMILES string of the molecule is Cc1cccc(COC(C)c2c(F)cccc2Oc2cnc(C)c(C)c2)c1. The summed E-state index contributed by atoms with van der Waals surface area (Å²) in [5.41, 5.74) is 4.59. The minimum atomic E-state index is -0.457. The number of hydrogen-bond donors (Lipinski definition) is 0. The predicted molar refractivity (Wildman–Crippen MR) is 105 cm³/mol. The van der Waals surface area contributed by atoms with Crippen LogP contribution in [-0.4, -0.2) is 4.98 Å². The van der Waals surface area contributed by atoms with Gasteiger partial charge in [0.1, 0.15) is 17.3 Å². The first-order chi connectivity index (χ1) is 12.9. The molecule has 0 amide bonds. The van der Waals surface area contributed by atoms with Crippen molar-refractivity contribution in [2.75, 3.05) is 0 Å². The number of aromatic nitrogens is 1. The molecule has 140 valence electrons. The molecule has 0 aliphatic carbocycles. The predicted octanol–water partition coefficient (Wildman–Crippen LogP) is 6.22. The summed E-state index contributed by atoms with van der Waals surface area (Å²) in [4.78, 5) is 4.31. The normalized spacial score (nSPS) is 12.0. The van der Waals surface area contributed by atoms with Crippen molar-refractivity contribution in [3.05, 3.63) is 88.5 Å². The Morgan fingerprint density at radius 1 is 1.04 bits per heavy atom. The second-order valence-corrected chi connectivity index (χ2v) is 6.77. The van der Waals surface area contributed by atoms with Crippen LogP contribution < -0.4 is 4.74 Å². The smallest absolute Gasteiger partial charge is 0.146 e. The van der Waals surface area contributed by atoms with Crippen molar-refractivity contribution in [2.45, 2.75) is 40.4 Å². The first-order valence-electron chi connectivity index (χ1n) is 9.00. The van der Waals surface area contributed by atoms with E-state index in [0.29, 0.717) is 23.7 Å². The molecule has 3 nitrogen and oxygen atoms in total. The third-order valence-corrected chi connectivity index (χ3v) is 4.54. The van der Waals surface area contributed by atoms with E-state index in [2.05, 4.69) is 11.1 Å². The molecule has 27 heavy (non-hydrogen) atoms. The summed E-state index contributed by atoms with van der Waals surface area (Å²) in [7, 11) is 0. The molecule has 1 atom stereocenters. The van der Waals surface area contributed by atoms with Crippen LogP contribution >= 0.6 is 0 Å². The average Bonchev–Trinajstić information content (AvgIpc) is 2.63. The van der Waals surface area contributed by atoms with Gasteiger partial charge in [-0.2, -0.15) is 0 Å². The molecule has 0 N–H and O–H groups in total. The molecule has 0 aliphatic heterocycles. The molecular formula is C23H24FNO2. The number of ether oxygens (including phenoxy) is 2. The van der Waals surface area contributed by atoms with Crippen molar-refractivity contribution in [3.8, 4) is 11.5 Å². The number of pyridine rings is 1. The van der Waals surface area contributed by atoms with Gasteiger partial charge in [0.2, 0.25) is 0 Å². The fourth-order valence-corrected chi connectivity index (χ4v) is 2.91. The van der Waals surface area contributed by atoms with Crippen molar-refractivity contribution >= 4 is 0 Å². The van der Waals surface area contributed by atoms with Crippen LogP contribution in [0.3, 0.4) is 0 Å². The lowest BCUT2D eigenvalue weighted by atomic mass is 10.1. The number of benzene rings is 2. The second-order valence-electron chi connectivity index (χ2n) is 6.77. The van der Waals surface area contributed by atoms with E-state index in [4.69, 9.17) is 9.47 Å². The Morgan fingerprint density at radius 3 is 2.56 bits per heavy atom. The molecule has 4 heteroatoms. The highest BCUT2D eigenvalue weighted by molar-refractivity contribution is 5.40. The maximum absolute atomic E-state index is 14.6. The van der Waals surface area contributed by atoms with Gasteiger partial charge in [-0.25, -0.2) is 4.39 Å². The fraction of sp³-hybridized carbons (Fsp3) is 0.261. The van der Waals surface area contributed by atoms with Gasteiger partial charge in [0, 0.05) is 5.69 Å². The second kappa shape index (κ2) is 8.31. The molecule has 3 rings (SSSR count). The van der Waals surface area contributed by atoms with Gasteiger partial charge < -0.3 is 9.47 Å². The van der Waals surface area contributed by atoms with Gasteiger partial charge in [0.25, 0.3) is 0 Å². The maximum atomic E-state index is 14.6. The standard InChI is InChI=1S/C23H24FNO2/c1-15-7-5-8-19(11-15)14-26-18(4)23-21(24)9-6-10-22(23)27-20-12-16(2)17(3)25-13-20/h5-13,18H,14H2,1-4H3. The lowest BCUT2D eigenvalue weighted by Crippen LogP contribution is -2.05. The van der Waals surface area contributed by atoms with Crippen molar-refractivity contribution in [1.82, 2.24) is 4.98 Å². The molecule has 0 fully saturated rings. The van der Waals surface area contributed by atoms with Crippen LogP contribution in [0.1, 0.15) is 41.0 Å². The zero-order valence-corrected chi connectivity index (χ0v) is 16.1.